The average Bonchev–Trinajstić information content (AvgIpc) is 3.27. The minimum absolute atomic E-state index is 0.0892. The van der Waals surface area contributed by atoms with Crippen LogP contribution < -0.4 is 4.74 Å². The molecule has 3 aromatic rings. The third-order valence-corrected chi connectivity index (χ3v) is 3.48. The first-order chi connectivity index (χ1) is 12.8. The third kappa shape index (κ3) is 4.08. The number of halogens is 4. The van der Waals surface area contributed by atoms with E-state index in [1.54, 1.807) is 19.3 Å². The fourth-order valence-corrected chi connectivity index (χ4v) is 2.17. The molecule has 0 aliphatic rings. The molecule has 0 saturated heterocycles. The Bertz CT molecular complexity index is 998. The van der Waals surface area contributed by atoms with Crippen LogP contribution >= 0.6 is 0 Å². The quantitative estimate of drug-likeness (QED) is 0.280. The van der Waals surface area contributed by atoms with Gasteiger partial charge < -0.3 is 9.15 Å². The molecule has 0 fully saturated rings. The van der Waals surface area contributed by atoms with Gasteiger partial charge in [0.05, 0.1) is 0 Å². The van der Waals surface area contributed by atoms with Crippen LogP contribution in [0, 0.1) is 23.3 Å². The molecule has 2 heterocycles. The number of ketones is 1. The number of benzene rings is 1. The molecular formula is C18H12F4N2O3. The summed E-state index contributed by atoms with van der Waals surface area (Å²) in [6.07, 6.45) is 4.24. The maximum atomic E-state index is 13.5. The second-order valence-electron chi connectivity index (χ2n) is 5.46. The highest BCUT2D eigenvalue weighted by Crippen LogP contribution is 2.27. The van der Waals surface area contributed by atoms with E-state index in [-0.39, 0.29) is 29.1 Å². The number of furan rings is 1. The SMILES string of the molecule is Cn1ccc(C(=O)/C=C/c2ccc(COc3c(F)c(F)cc(F)c3F)o2)n1. The molecule has 2 aromatic heterocycles. The molecule has 0 amide bonds. The van der Waals surface area contributed by atoms with Crippen molar-refractivity contribution in [2.24, 2.45) is 7.05 Å². The van der Waals surface area contributed by atoms with E-state index in [2.05, 4.69) is 5.10 Å². The average molecular weight is 380 g/mol. The molecule has 0 aliphatic heterocycles. The van der Waals surface area contributed by atoms with Crippen LogP contribution in [0.5, 0.6) is 5.75 Å². The Balaban J connectivity index is 1.67. The minimum atomic E-state index is -1.64. The van der Waals surface area contributed by atoms with Crippen molar-refractivity contribution in [3.05, 3.63) is 77.0 Å². The predicted octanol–water partition coefficient (Wildman–Crippen LogP) is 4.04. The molecule has 27 heavy (non-hydrogen) atoms. The van der Waals surface area contributed by atoms with E-state index in [1.165, 1.54) is 29.0 Å². The molecule has 0 unspecified atom stereocenters. The zero-order chi connectivity index (χ0) is 19.6. The highest BCUT2D eigenvalue weighted by atomic mass is 19.2. The number of ether oxygens (including phenoxy) is 1. The summed E-state index contributed by atoms with van der Waals surface area (Å²) >= 11 is 0. The van der Waals surface area contributed by atoms with Gasteiger partial charge in [-0.1, -0.05) is 0 Å². The number of allylic oxidation sites excluding steroid dienone is 1. The molecule has 140 valence electrons. The number of nitrogens with zero attached hydrogens (tertiary/aromatic N) is 2. The normalized spacial score (nSPS) is 11.3. The summed E-state index contributed by atoms with van der Waals surface area (Å²) in [5.74, 6) is -7.54. The van der Waals surface area contributed by atoms with Crippen molar-refractivity contribution in [1.82, 2.24) is 9.78 Å². The lowest BCUT2D eigenvalue weighted by molar-refractivity contribution is 0.104. The van der Waals surface area contributed by atoms with E-state index in [4.69, 9.17) is 9.15 Å². The van der Waals surface area contributed by atoms with Crippen molar-refractivity contribution >= 4 is 11.9 Å². The first-order valence-electron chi connectivity index (χ1n) is 7.61. The van der Waals surface area contributed by atoms with Gasteiger partial charge in [-0.2, -0.15) is 13.9 Å². The molecule has 5 nitrogen and oxygen atoms in total. The van der Waals surface area contributed by atoms with Gasteiger partial charge in [-0.15, -0.1) is 0 Å². The lowest BCUT2D eigenvalue weighted by Crippen LogP contribution is -2.03. The zero-order valence-electron chi connectivity index (χ0n) is 13.9. The third-order valence-electron chi connectivity index (χ3n) is 3.48. The number of aromatic nitrogens is 2. The summed E-state index contributed by atoms with van der Waals surface area (Å²) in [7, 11) is 1.68. The van der Waals surface area contributed by atoms with Crippen molar-refractivity contribution in [3.8, 4) is 5.75 Å². The molecular weight excluding hydrogens is 368 g/mol. The van der Waals surface area contributed by atoms with Gasteiger partial charge in [-0.3, -0.25) is 9.48 Å². The number of hydrogen-bond acceptors (Lipinski definition) is 4. The first kappa shape index (κ1) is 18.4. The monoisotopic (exact) mass is 380 g/mol. The van der Waals surface area contributed by atoms with Gasteiger partial charge in [0.2, 0.25) is 17.4 Å². The smallest absolute Gasteiger partial charge is 0.206 e. The summed E-state index contributed by atoms with van der Waals surface area (Å²) in [6, 6.07) is 4.55. The highest BCUT2D eigenvalue weighted by Gasteiger charge is 2.21. The maximum absolute atomic E-state index is 13.5. The molecule has 9 heteroatoms. The summed E-state index contributed by atoms with van der Waals surface area (Å²) < 4.78 is 64.9. The maximum Gasteiger partial charge on any atom is 0.206 e. The van der Waals surface area contributed by atoms with E-state index in [1.807, 2.05) is 0 Å². The van der Waals surface area contributed by atoms with Gasteiger partial charge in [-0.05, 0) is 30.4 Å². The van der Waals surface area contributed by atoms with Crippen LogP contribution in [0.15, 0.2) is 41.0 Å². The molecule has 0 atom stereocenters. The predicted molar refractivity (Wildman–Crippen MR) is 85.9 cm³/mol. The van der Waals surface area contributed by atoms with Crippen molar-refractivity contribution in [2.45, 2.75) is 6.61 Å². The molecule has 1 aromatic carbocycles. The van der Waals surface area contributed by atoms with Crippen molar-refractivity contribution in [2.75, 3.05) is 0 Å². The van der Waals surface area contributed by atoms with Crippen molar-refractivity contribution < 1.29 is 31.5 Å². The van der Waals surface area contributed by atoms with Gasteiger partial charge in [0, 0.05) is 19.3 Å². The van der Waals surface area contributed by atoms with E-state index in [0.717, 1.165) is 0 Å². The first-order valence-corrected chi connectivity index (χ1v) is 7.61. The molecule has 3 rings (SSSR count). The van der Waals surface area contributed by atoms with Crippen molar-refractivity contribution in [1.29, 1.82) is 0 Å². The number of carbonyl (C=O) groups excluding carboxylic acids is 1. The molecule has 0 bridgehead atoms. The fourth-order valence-electron chi connectivity index (χ4n) is 2.17. The van der Waals surface area contributed by atoms with E-state index in [9.17, 15) is 22.4 Å². The Morgan fingerprint density at radius 2 is 1.89 bits per heavy atom. The summed E-state index contributed by atoms with van der Waals surface area (Å²) in [4.78, 5) is 11.9. The van der Waals surface area contributed by atoms with Gasteiger partial charge in [0.25, 0.3) is 0 Å². The van der Waals surface area contributed by atoms with Crippen LogP contribution in [0.1, 0.15) is 22.0 Å². The van der Waals surface area contributed by atoms with Gasteiger partial charge >= 0.3 is 0 Å². The summed E-state index contributed by atoms with van der Waals surface area (Å²) in [5, 5.41) is 3.95. The van der Waals surface area contributed by atoms with Crippen LogP contribution in [0.2, 0.25) is 0 Å². The Hall–Kier alpha value is -3.36. The molecule has 0 N–H and O–H groups in total. The molecule has 0 saturated carbocycles. The lowest BCUT2D eigenvalue weighted by Gasteiger charge is -2.08. The highest BCUT2D eigenvalue weighted by molar-refractivity contribution is 6.05. The van der Waals surface area contributed by atoms with Gasteiger partial charge in [0.1, 0.15) is 23.8 Å². The number of aryl methyl sites for hydroxylation is 1. The number of carbonyl (C=O) groups is 1. The van der Waals surface area contributed by atoms with Crippen LogP contribution in [-0.4, -0.2) is 15.6 Å². The van der Waals surface area contributed by atoms with E-state index < -0.39 is 35.6 Å². The van der Waals surface area contributed by atoms with E-state index >= 15 is 0 Å². The van der Waals surface area contributed by atoms with Crippen LogP contribution in [0.3, 0.4) is 0 Å². The van der Waals surface area contributed by atoms with Crippen LogP contribution in [0.25, 0.3) is 6.08 Å². The standard InChI is InChI=1S/C18H12F4N2O3/c1-24-7-6-14(23-24)15(25)5-4-10-2-3-11(27-10)9-26-18-16(21)12(19)8-13(20)17(18)22/h2-8H,9H2,1H3/b5-4+. The molecule has 0 aliphatic carbocycles. The lowest BCUT2D eigenvalue weighted by atomic mass is 10.2. The Kier molecular flexibility index (Phi) is 5.11. The van der Waals surface area contributed by atoms with Crippen molar-refractivity contribution in [3.63, 3.8) is 0 Å². The molecule has 0 radical (unpaired) electrons. The minimum Gasteiger partial charge on any atom is -0.479 e. The van der Waals surface area contributed by atoms with Crippen LogP contribution in [0.4, 0.5) is 17.6 Å². The largest absolute Gasteiger partial charge is 0.479 e. The van der Waals surface area contributed by atoms with Crippen LogP contribution in [-0.2, 0) is 13.7 Å². The topological polar surface area (TPSA) is 57.3 Å². The Morgan fingerprint density at radius 3 is 2.52 bits per heavy atom. The second kappa shape index (κ2) is 7.48. The fraction of sp³-hybridized carbons (Fsp3) is 0.111. The van der Waals surface area contributed by atoms with E-state index in [0.29, 0.717) is 0 Å². The number of hydrogen-bond donors (Lipinski definition) is 0. The van der Waals surface area contributed by atoms with Gasteiger partial charge in [0.15, 0.2) is 17.4 Å². The number of rotatable bonds is 6. The second-order valence-corrected chi connectivity index (χ2v) is 5.46. The Labute approximate surface area is 150 Å². The molecule has 0 spiro atoms. The van der Waals surface area contributed by atoms with Gasteiger partial charge in [-0.25, -0.2) is 8.78 Å². The summed E-state index contributed by atoms with van der Waals surface area (Å²) in [5.41, 5.74) is 0.253. The zero-order valence-corrected chi connectivity index (χ0v) is 13.9. The summed E-state index contributed by atoms with van der Waals surface area (Å²) in [6.45, 7) is -0.473. The Morgan fingerprint density at radius 1 is 1.19 bits per heavy atom.